The Morgan fingerprint density at radius 1 is 1.16 bits per heavy atom. The van der Waals surface area contributed by atoms with Crippen LogP contribution in [0, 0.1) is 12.7 Å². The van der Waals surface area contributed by atoms with Crippen molar-refractivity contribution in [1.82, 2.24) is 0 Å². The summed E-state index contributed by atoms with van der Waals surface area (Å²) in [5, 5.41) is 3.35. The van der Waals surface area contributed by atoms with E-state index in [-0.39, 0.29) is 0 Å². The quantitative estimate of drug-likeness (QED) is 0.736. The van der Waals surface area contributed by atoms with Crippen LogP contribution in [-0.2, 0) is 4.79 Å². The summed E-state index contributed by atoms with van der Waals surface area (Å²) in [5.41, 5.74) is 0.767. The van der Waals surface area contributed by atoms with E-state index in [0.29, 0.717) is 22.6 Å². The highest BCUT2D eigenvalue weighted by atomic mass is 19.1. The van der Waals surface area contributed by atoms with Crippen LogP contribution in [-0.4, -0.2) is 12.0 Å². The van der Waals surface area contributed by atoms with Crippen LogP contribution in [0.3, 0.4) is 0 Å². The van der Waals surface area contributed by atoms with Gasteiger partial charge in [-0.3, -0.25) is 4.79 Å². The summed E-state index contributed by atoms with van der Waals surface area (Å²) in [5.74, 6) is -0.423. The lowest BCUT2D eigenvalue weighted by Gasteiger charge is -2.15. The van der Waals surface area contributed by atoms with Gasteiger partial charge in [-0.05, 0) is 49.7 Å². The van der Waals surface area contributed by atoms with Gasteiger partial charge in [0.2, 0.25) is 0 Å². The van der Waals surface area contributed by atoms with Crippen molar-refractivity contribution in [2.45, 2.75) is 20.0 Å². The summed E-state index contributed by atoms with van der Waals surface area (Å²) in [6.07, 6.45) is -0.822. The smallest absolute Gasteiger partial charge is 0.336 e. The van der Waals surface area contributed by atoms with E-state index in [1.165, 1.54) is 12.1 Å². The molecule has 3 aromatic rings. The summed E-state index contributed by atoms with van der Waals surface area (Å²) >= 11 is 0. The molecule has 1 unspecified atom stereocenters. The maximum atomic E-state index is 13.5. The van der Waals surface area contributed by atoms with Gasteiger partial charge in [0, 0.05) is 23.2 Å². The Kier molecular flexibility index (Phi) is 4.52. The predicted octanol–water partition coefficient (Wildman–Crippen LogP) is 3.65. The Bertz CT molecular complexity index is 996. The van der Waals surface area contributed by atoms with Crippen LogP contribution in [0.4, 0.5) is 10.1 Å². The van der Waals surface area contributed by atoms with Gasteiger partial charge in [-0.25, -0.2) is 9.18 Å². The van der Waals surface area contributed by atoms with Gasteiger partial charge in [0.15, 0.2) is 6.10 Å². The van der Waals surface area contributed by atoms with Crippen molar-refractivity contribution in [2.75, 3.05) is 5.32 Å². The molecule has 25 heavy (non-hydrogen) atoms. The molecule has 2 aromatic carbocycles. The summed E-state index contributed by atoms with van der Waals surface area (Å²) in [4.78, 5) is 23.5. The number of aryl methyl sites for hydroxylation is 1. The first-order valence-electron chi connectivity index (χ1n) is 7.70. The van der Waals surface area contributed by atoms with E-state index in [1.54, 1.807) is 50.2 Å². The van der Waals surface area contributed by atoms with Gasteiger partial charge in [-0.2, -0.15) is 0 Å². The molecule has 0 saturated carbocycles. The van der Waals surface area contributed by atoms with E-state index in [9.17, 15) is 14.0 Å². The van der Waals surface area contributed by atoms with Gasteiger partial charge in [0.1, 0.15) is 17.1 Å². The first kappa shape index (κ1) is 16.7. The second kappa shape index (κ2) is 6.76. The van der Waals surface area contributed by atoms with Crippen molar-refractivity contribution in [1.29, 1.82) is 0 Å². The van der Waals surface area contributed by atoms with Crippen LogP contribution < -0.4 is 15.7 Å². The van der Waals surface area contributed by atoms with Crippen molar-refractivity contribution in [3.05, 3.63) is 70.3 Å². The largest absolute Gasteiger partial charge is 0.481 e. The van der Waals surface area contributed by atoms with E-state index < -0.39 is 23.5 Å². The van der Waals surface area contributed by atoms with Crippen molar-refractivity contribution < 1.29 is 18.3 Å². The standard InChI is InChI=1S/C19H16FNO4/c1-11-3-6-14(9-16(11)20)21-19(23)12(2)24-15-7-4-13-5-8-18(22)25-17(13)10-15/h3-10,12H,1-2H3,(H,21,23). The zero-order chi connectivity index (χ0) is 18.0. The molecule has 0 aliphatic rings. The van der Waals surface area contributed by atoms with Crippen LogP contribution in [0.25, 0.3) is 11.0 Å². The van der Waals surface area contributed by atoms with Crippen molar-refractivity contribution in [2.24, 2.45) is 0 Å². The maximum Gasteiger partial charge on any atom is 0.336 e. The Morgan fingerprint density at radius 2 is 1.92 bits per heavy atom. The molecule has 0 saturated heterocycles. The van der Waals surface area contributed by atoms with Crippen molar-refractivity contribution in [3.63, 3.8) is 0 Å². The number of carbonyl (C=O) groups is 1. The third-order valence-corrected chi connectivity index (χ3v) is 3.72. The van der Waals surface area contributed by atoms with E-state index in [0.717, 1.165) is 5.39 Å². The molecule has 0 radical (unpaired) electrons. The predicted molar refractivity (Wildman–Crippen MR) is 92.3 cm³/mol. The summed E-state index contributed by atoms with van der Waals surface area (Å²) in [7, 11) is 0. The normalized spacial score (nSPS) is 12.0. The molecule has 0 aliphatic carbocycles. The minimum absolute atomic E-state index is 0.355. The number of hydrogen-bond donors (Lipinski definition) is 1. The summed E-state index contributed by atoms with van der Waals surface area (Å²) in [6, 6.07) is 12.4. The van der Waals surface area contributed by atoms with Crippen LogP contribution in [0.2, 0.25) is 0 Å². The molecule has 1 heterocycles. The average Bonchev–Trinajstić information content (AvgIpc) is 2.57. The summed E-state index contributed by atoms with van der Waals surface area (Å²) in [6.45, 7) is 3.22. The minimum Gasteiger partial charge on any atom is -0.481 e. The van der Waals surface area contributed by atoms with E-state index in [1.807, 2.05) is 0 Å². The molecule has 3 rings (SSSR count). The molecule has 1 amide bonds. The Labute approximate surface area is 143 Å². The monoisotopic (exact) mass is 341 g/mol. The zero-order valence-corrected chi connectivity index (χ0v) is 13.7. The zero-order valence-electron chi connectivity index (χ0n) is 13.7. The number of fused-ring (bicyclic) bond motifs is 1. The second-order valence-electron chi connectivity index (χ2n) is 5.67. The molecule has 0 spiro atoms. The highest BCUT2D eigenvalue weighted by Crippen LogP contribution is 2.21. The van der Waals surface area contributed by atoms with Gasteiger partial charge in [-0.15, -0.1) is 0 Å². The Balaban J connectivity index is 1.72. The molecular weight excluding hydrogens is 325 g/mol. The van der Waals surface area contributed by atoms with Crippen LogP contribution in [0.15, 0.2) is 57.7 Å². The lowest BCUT2D eigenvalue weighted by molar-refractivity contribution is -0.122. The number of nitrogens with one attached hydrogen (secondary N) is 1. The maximum absolute atomic E-state index is 13.5. The fourth-order valence-corrected chi connectivity index (χ4v) is 2.29. The second-order valence-corrected chi connectivity index (χ2v) is 5.67. The molecule has 1 atom stereocenters. The molecule has 1 aromatic heterocycles. The van der Waals surface area contributed by atoms with Gasteiger partial charge < -0.3 is 14.5 Å². The number of rotatable bonds is 4. The molecule has 5 nitrogen and oxygen atoms in total. The topological polar surface area (TPSA) is 68.5 Å². The van der Waals surface area contributed by atoms with E-state index >= 15 is 0 Å². The summed E-state index contributed by atoms with van der Waals surface area (Å²) < 4.78 is 24.2. The number of anilines is 1. The minimum atomic E-state index is -0.822. The molecule has 0 fully saturated rings. The van der Waals surface area contributed by atoms with Crippen LogP contribution >= 0.6 is 0 Å². The third-order valence-electron chi connectivity index (χ3n) is 3.72. The van der Waals surface area contributed by atoms with Crippen molar-refractivity contribution >= 4 is 22.6 Å². The number of ether oxygens (including phenoxy) is 1. The van der Waals surface area contributed by atoms with Gasteiger partial charge in [0.05, 0.1) is 0 Å². The fraction of sp³-hybridized carbons (Fsp3) is 0.158. The Morgan fingerprint density at radius 3 is 2.68 bits per heavy atom. The molecule has 1 N–H and O–H groups in total. The highest BCUT2D eigenvalue weighted by molar-refractivity contribution is 5.94. The van der Waals surface area contributed by atoms with Gasteiger partial charge >= 0.3 is 5.63 Å². The number of carbonyl (C=O) groups excluding carboxylic acids is 1. The van der Waals surface area contributed by atoms with Gasteiger partial charge in [0.25, 0.3) is 5.91 Å². The van der Waals surface area contributed by atoms with Crippen LogP contribution in [0.1, 0.15) is 12.5 Å². The fourth-order valence-electron chi connectivity index (χ4n) is 2.29. The third kappa shape index (κ3) is 3.85. The first-order chi connectivity index (χ1) is 11.9. The molecule has 128 valence electrons. The van der Waals surface area contributed by atoms with E-state index in [4.69, 9.17) is 9.15 Å². The number of hydrogen-bond acceptors (Lipinski definition) is 4. The molecular formula is C19H16FNO4. The lowest BCUT2D eigenvalue weighted by Crippen LogP contribution is -2.30. The Hall–Kier alpha value is -3.15. The van der Waals surface area contributed by atoms with Crippen molar-refractivity contribution in [3.8, 4) is 5.75 Å². The molecule has 6 heteroatoms. The number of halogens is 1. The number of benzene rings is 2. The average molecular weight is 341 g/mol. The highest BCUT2D eigenvalue weighted by Gasteiger charge is 2.16. The SMILES string of the molecule is Cc1ccc(NC(=O)C(C)Oc2ccc3ccc(=O)oc3c2)cc1F. The number of amides is 1. The lowest BCUT2D eigenvalue weighted by atomic mass is 10.2. The van der Waals surface area contributed by atoms with Crippen LogP contribution in [0.5, 0.6) is 5.75 Å². The first-order valence-corrected chi connectivity index (χ1v) is 7.70. The molecule has 0 aliphatic heterocycles. The van der Waals surface area contributed by atoms with E-state index in [2.05, 4.69) is 5.32 Å². The molecule has 0 bridgehead atoms. The van der Waals surface area contributed by atoms with Gasteiger partial charge in [-0.1, -0.05) is 6.07 Å².